The van der Waals surface area contributed by atoms with Gasteiger partial charge >= 0.3 is 45.5 Å². The predicted octanol–water partition coefficient (Wildman–Crippen LogP) is -1.38. The van der Waals surface area contributed by atoms with Gasteiger partial charge in [-0.2, -0.15) is 0 Å². The van der Waals surface area contributed by atoms with Crippen molar-refractivity contribution in [3.05, 3.63) is 0 Å². The van der Waals surface area contributed by atoms with Gasteiger partial charge < -0.3 is 9.32 Å². The maximum atomic E-state index is 7.72. The van der Waals surface area contributed by atoms with Gasteiger partial charge in [0, 0.05) is 0 Å². The summed E-state index contributed by atoms with van der Waals surface area (Å²) in [5.74, 6) is 0. The van der Waals surface area contributed by atoms with Gasteiger partial charge in [0.25, 0.3) is 0 Å². The monoisotopic (exact) mass is 190 g/mol. The van der Waals surface area contributed by atoms with Crippen LogP contribution in [0.25, 0.3) is 0 Å². The summed E-state index contributed by atoms with van der Waals surface area (Å²) < 4.78 is 15.4. The Morgan fingerprint density at radius 2 is 0.800 bits per heavy atom. The van der Waals surface area contributed by atoms with Crippen molar-refractivity contribution in [2.45, 2.75) is 0 Å². The van der Waals surface area contributed by atoms with E-state index in [1.807, 2.05) is 0 Å². The third-order valence-electron chi connectivity index (χ3n) is 0. The molecule has 0 aliphatic rings. The number of hydrogen-bond acceptors (Lipinski definition) is 2. The summed E-state index contributed by atoms with van der Waals surface area (Å²) in [6.07, 6.45) is 0. The van der Waals surface area contributed by atoms with Crippen molar-refractivity contribution < 1.29 is 9.32 Å². The van der Waals surface area contributed by atoms with Crippen molar-refractivity contribution >= 4 is 69.2 Å². The summed E-state index contributed by atoms with van der Waals surface area (Å²) in [4.78, 5) is 0. The zero-order valence-corrected chi connectivity index (χ0v) is 7.27. The van der Waals surface area contributed by atoms with E-state index in [1.54, 1.807) is 0 Å². The SMILES string of the molecule is [O-]Cl.[O-]Cl.[Sr+2]. The van der Waals surface area contributed by atoms with E-state index in [9.17, 15) is 0 Å². The minimum atomic E-state index is 0. The van der Waals surface area contributed by atoms with Crippen LogP contribution in [0.1, 0.15) is 0 Å². The molecule has 0 spiro atoms. The van der Waals surface area contributed by atoms with Gasteiger partial charge in [-0.25, -0.2) is 23.7 Å². The number of hydrogen-bond donors (Lipinski definition) is 0. The zero-order chi connectivity index (χ0) is 4.00. The van der Waals surface area contributed by atoms with Gasteiger partial charge in [-0.3, -0.25) is 0 Å². The molecule has 5 heteroatoms. The Hall–Kier alpha value is 1.98. The van der Waals surface area contributed by atoms with Crippen molar-refractivity contribution in [2.75, 3.05) is 0 Å². The Morgan fingerprint density at radius 1 is 0.800 bits per heavy atom. The maximum absolute atomic E-state index is 7.72. The molecule has 0 N–H and O–H groups in total. The Bertz CT molecular complexity index is 7.61. The molecule has 0 bridgehead atoms. The van der Waals surface area contributed by atoms with Crippen LogP contribution >= 0.6 is 23.7 Å². The van der Waals surface area contributed by atoms with Crippen molar-refractivity contribution in [2.24, 2.45) is 0 Å². The van der Waals surface area contributed by atoms with E-state index in [0.717, 1.165) is 0 Å². The standard InChI is InChI=1S/2ClO.Sr/c2*1-2;/q2*-1;+2. The Balaban J connectivity index is -0.0000000133. The van der Waals surface area contributed by atoms with Crippen LogP contribution in [0.5, 0.6) is 0 Å². The Kier molecular flexibility index (Phi) is 119. The average molecular weight is 191 g/mol. The molecule has 0 aromatic rings. The summed E-state index contributed by atoms with van der Waals surface area (Å²) in [5, 5.41) is 0. The van der Waals surface area contributed by atoms with Crippen LogP contribution in [0.3, 0.4) is 0 Å². The van der Waals surface area contributed by atoms with Gasteiger partial charge in [-0.15, -0.1) is 0 Å². The van der Waals surface area contributed by atoms with Crippen LogP contribution in [0.15, 0.2) is 0 Å². The number of rotatable bonds is 0. The van der Waals surface area contributed by atoms with Crippen molar-refractivity contribution in [3.63, 3.8) is 0 Å². The molecule has 0 amide bonds. The summed E-state index contributed by atoms with van der Waals surface area (Å²) in [6, 6.07) is 0. The molecule has 0 rings (SSSR count). The molecule has 0 aliphatic carbocycles. The Labute approximate surface area is 77.3 Å². The normalized spacial score (nSPS) is 2.40. The van der Waals surface area contributed by atoms with Crippen LogP contribution < -0.4 is 9.32 Å². The molecular weight excluding hydrogens is 191 g/mol. The van der Waals surface area contributed by atoms with Crippen LogP contribution in [-0.2, 0) is 0 Å². The first-order valence-corrected chi connectivity index (χ1v) is 0.926. The maximum Gasteiger partial charge on any atom is 2.00 e. The van der Waals surface area contributed by atoms with E-state index < -0.39 is 0 Å². The van der Waals surface area contributed by atoms with Crippen LogP contribution in [0.4, 0.5) is 0 Å². The minimum absolute atomic E-state index is 0. The van der Waals surface area contributed by atoms with Gasteiger partial charge in [0.2, 0.25) is 0 Å². The molecule has 2 nitrogen and oxygen atoms in total. The molecule has 0 aromatic carbocycles. The molecule has 28 valence electrons. The van der Waals surface area contributed by atoms with Crippen LogP contribution in [-0.4, -0.2) is 45.5 Å². The molecule has 0 heterocycles. The molecule has 0 unspecified atom stereocenters. The predicted molar refractivity (Wildman–Crippen MR) is 17.5 cm³/mol. The third-order valence-corrected chi connectivity index (χ3v) is 0. The second kappa shape index (κ2) is 37.8. The fourth-order valence-corrected chi connectivity index (χ4v) is 0. The largest absolute Gasteiger partial charge is 2.00 e. The molecule has 5 heavy (non-hydrogen) atoms. The molecule has 0 saturated carbocycles. The topological polar surface area (TPSA) is 46.1 Å². The molecule has 0 aliphatic heterocycles. The smallest absolute Gasteiger partial charge is 0.769 e. The second-order valence-electron chi connectivity index (χ2n) is 0. The van der Waals surface area contributed by atoms with Crippen molar-refractivity contribution in [1.29, 1.82) is 0 Å². The zero-order valence-electron chi connectivity index (χ0n) is 2.28. The van der Waals surface area contributed by atoms with Gasteiger partial charge in [0.15, 0.2) is 0 Å². The fraction of sp³-hybridized carbons (Fsp3) is 0. The molecule has 0 fully saturated rings. The molecule has 0 radical (unpaired) electrons. The summed E-state index contributed by atoms with van der Waals surface area (Å²) in [7, 11) is 0. The Morgan fingerprint density at radius 3 is 0.800 bits per heavy atom. The quantitative estimate of drug-likeness (QED) is 0.442. The fourth-order valence-electron chi connectivity index (χ4n) is 0. The van der Waals surface area contributed by atoms with E-state index in [4.69, 9.17) is 9.32 Å². The van der Waals surface area contributed by atoms with E-state index in [2.05, 4.69) is 23.7 Å². The molecule has 0 atom stereocenters. The van der Waals surface area contributed by atoms with Gasteiger partial charge in [0.1, 0.15) is 0 Å². The van der Waals surface area contributed by atoms with Gasteiger partial charge in [-0.1, -0.05) is 0 Å². The van der Waals surface area contributed by atoms with E-state index in [1.165, 1.54) is 0 Å². The van der Waals surface area contributed by atoms with Gasteiger partial charge in [-0.05, 0) is 0 Å². The second-order valence-corrected chi connectivity index (χ2v) is 0. The van der Waals surface area contributed by atoms with Crippen molar-refractivity contribution in [3.8, 4) is 0 Å². The first kappa shape index (κ1) is 15.8. The summed E-state index contributed by atoms with van der Waals surface area (Å²) in [6.45, 7) is 0. The summed E-state index contributed by atoms with van der Waals surface area (Å²) >= 11 is 6.78. The van der Waals surface area contributed by atoms with Crippen LogP contribution in [0, 0.1) is 0 Å². The first-order chi connectivity index (χ1) is 2.00. The number of halogens is 2. The summed E-state index contributed by atoms with van der Waals surface area (Å²) in [5.41, 5.74) is 0. The average Bonchev–Trinajstić information content (AvgIpc) is 1.50. The third kappa shape index (κ3) is 24.2. The minimum Gasteiger partial charge on any atom is -0.769 e. The van der Waals surface area contributed by atoms with E-state index in [0.29, 0.717) is 0 Å². The van der Waals surface area contributed by atoms with Crippen molar-refractivity contribution in [1.82, 2.24) is 0 Å². The first-order valence-electron chi connectivity index (χ1n) is 0.309. The molecule has 0 saturated heterocycles. The molecular formula is Cl2O2Sr. The van der Waals surface area contributed by atoms with Crippen LogP contribution in [0.2, 0.25) is 0 Å². The van der Waals surface area contributed by atoms with E-state index >= 15 is 0 Å². The molecule has 0 aromatic heterocycles. The van der Waals surface area contributed by atoms with E-state index in [-0.39, 0.29) is 45.5 Å². The van der Waals surface area contributed by atoms with Gasteiger partial charge in [0.05, 0.1) is 0 Å².